The molecule has 1 aromatic carbocycles. The molecule has 1 unspecified atom stereocenters. The fourth-order valence-corrected chi connectivity index (χ4v) is 2.33. The maximum atomic E-state index is 12.0. The Hall–Kier alpha value is -1.88. The average molecular weight is 290 g/mol. The molecule has 0 saturated carbocycles. The summed E-state index contributed by atoms with van der Waals surface area (Å²) in [6.45, 7) is 3.57. The van der Waals surface area contributed by atoms with Gasteiger partial charge in [-0.05, 0) is 31.4 Å². The van der Waals surface area contributed by atoms with E-state index in [0.717, 1.165) is 25.0 Å². The molecule has 0 bridgehead atoms. The minimum Gasteiger partial charge on any atom is -0.376 e. The second-order valence-corrected chi connectivity index (χ2v) is 5.26. The highest BCUT2D eigenvalue weighted by molar-refractivity contribution is 5.95. The van der Waals surface area contributed by atoms with Crippen LogP contribution in [0.15, 0.2) is 24.3 Å². The average Bonchev–Trinajstić information content (AvgIpc) is 2.99. The first kappa shape index (κ1) is 15.5. The van der Waals surface area contributed by atoms with Crippen molar-refractivity contribution in [3.05, 3.63) is 35.4 Å². The van der Waals surface area contributed by atoms with Crippen LogP contribution in [0, 0.1) is 6.92 Å². The van der Waals surface area contributed by atoms with Crippen LogP contribution in [-0.4, -0.2) is 37.6 Å². The lowest BCUT2D eigenvalue weighted by molar-refractivity contribution is -0.121. The molecular formula is C16H22N2O3. The zero-order chi connectivity index (χ0) is 15.1. The smallest absolute Gasteiger partial charge is 0.251 e. The number of amides is 2. The number of carbonyl (C=O) groups is 2. The third-order valence-corrected chi connectivity index (χ3v) is 3.58. The molecule has 0 aliphatic carbocycles. The molecule has 2 N–H and O–H groups in total. The van der Waals surface area contributed by atoms with E-state index in [9.17, 15) is 9.59 Å². The summed E-state index contributed by atoms with van der Waals surface area (Å²) < 4.78 is 5.43. The molecule has 1 aliphatic heterocycles. The summed E-state index contributed by atoms with van der Waals surface area (Å²) in [5.74, 6) is -0.199. The number of aryl methyl sites for hydroxylation is 1. The molecule has 1 saturated heterocycles. The van der Waals surface area contributed by atoms with Gasteiger partial charge in [0.2, 0.25) is 5.91 Å². The molecule has 5 nitrogen and oxygen atoms in total. The highest BCUT2D eigenvalue weighted by atomic mass is 16.5. The van der Waals surface area contributed by atoms with Crippen molar-refractivity contribution in [3.63, 3.8) is 0 Å². The monoisotopic (exact) mass is 290 g/mol. The lowest BCUT2D eigenvalue weighted by Crippen LogP contribution is -2.34. The maximum Gasteiger partial charge on any atom is 0.251 e. The summed E-state index contributed by atoms with van der Waals surface area (Å²) in [7, 11) is 0. The lowest BCUT2D eigenvalue weighted by Gasteiger charge is -2.11. The molecule has 2 rings (SSSR count). The quantitative estimate of drug-likeness (QED) is 0.832. The van der Waals surface area contributed by atoms with Crippen molar-refractivity contribution in [1.82, 2.24) is 10.6 Å². The Labute approximate surface area is 125 Å². The minimum atomic E-state index is -0.139. The van der Waals surface area contributed by atoms with Gasteiger partial charge in [0, 0.05) is 31.7 Å². The Bertz CT molecular complexity index is 496. The molecule has 2 amide bonds. The second kappa shape index (κ2) is 7.78. The third-order valence-electron chi connectivity index (χ3n) is 3.58. The molecule has 5 heteroatoms. The van der Waals surface area contributed by atoms with E-state index >= 15 is 0 Å². The summed E-state index contributed by atoms with van der Waals surface area (Å²) in [5.41, 5.74) is 1.58. The molecule has 1 fully saturated rings. The molecule has 1 aromatic rings. The number of benzene rings is 1. The largest absolute Gasteiger partial charge is 0.376 e. The number of ether oxygens (including phenoxy) is 1. The van der Waals surface area contributed by atoms with Gasteiger partial charge in [0.1, 0.15) is 0 Å². The predicted octanol–water partition coefficient (Wildman–Crippen LogP) is 1.41. The van der Waals surface area contributed by atoms with Crippen molar-refractivity contribution < 1.29 is 14.3 Å². The van der Waals surface area contributed by atoms with Crippen LogP contribution in [0.2, 0.25) is 0 Å². The van der Waals surface area contributed by atoms with Crippen molar-refractivity contribution in [1.29, 1.82) is 0 Å². The van der Waals surface area contributed by atoms with Crippen LogP contribution in [0.25, 0.3) is 0 Å². The van der Waals surface area contributed by atoms with Gasteiger partial charge in [-0.1, -0.05) is 18.2 Å². The predicted molar refractivity (Wildman–Crippen MR) is 80.1 cm³/mol. The van der Waals surface area contributed by atoms with E-state index < -0.39 is 0 Å². The topological polar surface area (TPSA) is 67.4 Å². The SMILES string of the molecule is Cc1ccccc1C(=O)NCCC(=O)NCC1CCCO1. The summed E-state index contributed by atoms with van der Waals surface area (Å²) in [4.78, 5) is 23.6. The lowest BCUT2D eigenvalue weighted by atomic mass is 10.1. The van der Waals surface area contributed by atoms with E-state index in [1.807, 2.05) is 25.1 Å². The van der Waals surface area contributed by atoms with E-state index in [4.69, 9.17) is 4.74 Å². The van der Waals surface area contributed by atoms with Gasteiger partial charge in [0.15, 0.2) is 0 Å². The molecule has 1 heterocycles. The normalized spacial score (nSPS) is 17.5. The van der Waals surface area contributed by atoms with Gasteiger partial charge >= 0.3 is 0 Å². The number of carbonyl (C=O) groups excluding carboxylic acids is 2. The number of rotatable bonds is 6. The van der Waals surface area contributed by atoms with E-state index in [0.29, 0.717) is 18.7 Å². The van der Waals surface area contributed by atoms with Gasteiger partial charge in [-0.15, -0.1) is 0 Å². The van der Waals surface area contributed by atoms with Crippen molar-refractivity contribution in [3.8, 4) is 0 Å². The van der Waals surface area contributed by atoms with Gasteiger partial charge in [0.05, 0.1) is 6.10 Å². The van der Waals surface area contributed by atoms with Crippen LogP contribution >= 0.6 is 0 Å². The zero-order valence-electron chi connectivity index (χ0n) is 12.4. The fraction of sp³-hybridized carbons (Fsp3) is 0.500. The van der Waals surface area contributed by atoms with Crippen LogP contribution < -0.4 is 10.6 Å². The molecule has 21 heavy (non-hydrogen) atoms. The van der Waals surface area contributed by atoms with E-state index in [1.54, 1.807) is 6.07 Å². The minimum absolute atomic E-state index is 0.0596. The Morgan fingerprint density at radius 1 is 1.29 bits per heavy atom. The van der Waals surface area contributed by atoms with Gasteiger partial charge < -0.3 is 15.4 Å². The molecule has 0 spiro atoms. The first-order valence-corrected chi connectivity index (χ1v) is 7.39. The number of hydrogen-bond donors (Lipinski definition) is 2. The van der Waals surface area contributed by atoms with Gasteiger partial charge in [0.25, 0.3) is 5.91 Å². The van der Waals surface area contributed by atoms with Crippen LogP contribution in [0.5, 0.6) is 0 Å². The van der Waals surface area contributed by atoms with Crippen molar-refractivity contribution >= 4 is 11.8 Å². The van der Waals surface area contributed by atoms with Crippen LogP contribution in [0.3, 0.4) is 0 Å². The van der Waals surface area contributed by atoms with Crippen molar-refractivity contribution in [2.75, 3.05) is 19.7 Å². The van der Waals surface area contributed by atoms with E-state index in [-0.39, 0.29) is 24.3 Å². The second-order valence-electron chi connectivity index (χ2n) is 5.26. The number of hydrogen-bond acceptors (Lipinski definition) is 3. The van der Waals surface area contributed by atoms with Crippen LogP contribution in [-0.2, 0) is 9.53 Å². The Balaban J connectivity index is 1.65. The zero-order valence-corrected chi connectivity index (χ0v) is 12.4. The Kier molecular flexibility index (Phi) is 5.75. The van der Waals surface area contributed by atoms with E-state index in [2.05, 4.69) is 10.6 Å². The summed E-state index contributed by atoms with van der Waals surface area (Å²) in [5, 5.41) is 5.60. The van der Waals surface area contributed by atoms with Gasteiger partial charge in [-0.25, -0.2) is 0 Å². The molecule has 114 valence electrons. The third kappa shape index (κ3) is 4.86. The van der Waals surface area contributed by atoms with Crippen molar-refractivity contribution in [2.24, 2.45) is 0 Å². The van der Waals surface area contributed by atoms with Crippen molar-refractivity contribution in [2.45, 2.75) is 32.3 Å². The molecule has 1 aliphatic rings. The first-order valence-electron chi connectivity index (χ1n) is 7.39. The summed E-state index contributed by atoms with van der Waals surface area (Å²) >= 11 is 0. The summed E-state index contributed by atoms with van der Waals surface area (Å²) in [6, 6.07) is 7.40. The molecular weight excluding hydrogens is 268 g/mol. The maximum absolute atomic E-state index is 12.0. The van der Waals surface area contributed by atoms with E-state index in [1.165, 1.54) is 0 Å². The number of nitrogens with one attached hydrogen (secondary N) is 2. The first-order chi connectivity index (χ1) is 10.2. The van der Waals surface area contributed by atoms with Gasteiger partial charge in [-0.3, -0.25) is 9.59 Å². The Morgan fingerprint density at radius 3 is 2.81 bits per heavy atom. The van der Waals surface area contributed by atoms with Crippen LogP contribution in [0.4, 0.5) is 0 Å². The fourth-order valence-electron chi connectivity index (χ4n) is 2.33. The molecule has 1 atom stereocenters. The standard InChI is InChI=1S/C16H22N2O3/c1-12-5-2-3-7-14(12)16(20)17-9-8-15(19)18-11-13-6-4-10-21-13/h2-3,5,7,13H,4,6,8-11H2,1H3,(H,17,20)(H,18,19). The highest BCUT2D eigenvalue weighted by Crippen LogP contribution is 2.10. The van der Waals surface area contributed by atoms with Crippen LogP contribution in [0.1, 0.15) is 35.2 Å². The Morgan fingerprint density at radius 2 is 2.10 bits per heavy atom. The van der Waals surface area contributed by atoms with Gasteiger partial charge in [-0.2, -0.15) is 0 Å². The molecule has 0 radical (unpaired) electrons. The highest BCUT2D eigenvalue weighted by Gasteiger charge is 2.16. The molecule has 0 aromatic heterocycles. The summed E-state index contributed by atoms with van der Waals surface area (Å²) in [6.07, 6.45) is 2.50.